The van der Waals surface area contributed by atoms with Gasteiger partial charge >= 0.3 is 0 Å². The smallest absolute Gasteiger partial charge is 0.259 e. The summed E-state index contributed by atoms with van der Waals surface area (Å²) >= 11 is 0. The molecule has 6 heteroatoms. The molecule has 0 aliphatic carbocycles. The molecule has 1 amide bonds. The summed E-state index contributed by atoms with van der Waals surface area (Å²) in [4.78, 5) is 12.0. The number of carbonyl (C=O) groups is 1. The summed E-state index contributed by atoms with van der Waals surface area (Å²) in [5.74, 6) is 1.15. The van der Waals surface area contributed by atoms with E-state index < -0.39 is 0 Å². The molecular weight excluding hydrogens is 366 g/mol. The van der Waals surface area contributed by atoms with Crippen LogP contribution in [0, 0.1) is 0 Å². The fourth-order valence-corrected chi connectivity index (χ4v) is 2.61. The fraction of sp³-hybridized carbons (Fsp3) is 0.130. The molecular formula is C23H23N3O3. The van der Waals surface area contributed by atoms with E-state index in [0.717, 1.165) is 22.6 Å². The molecule has 0 unspecified atom stereocenters. The molecule has 0 heterocycles. The minimum Gasteiger partial charge on any atom is -0.495 e. The average molecular weight is 389 g/mol. The molecule has 0 atom stereocenters. The number of rotatable bonds is 9. The van der Waals surface area contributed by atoms with Gasteiger partial charge in [0.15, 0.2) is 0 Å². The highest BCUT2D eigenvalue weighted by Gasteiger charge is 2.04. The summed E-state index contributed by atoms with van der Waals surface area (Å²) in [6.07, 6.45) is 1.58. The zero-order valence-corrected chi connectivity index (χ0v) is 16.2. The van der Waals surface area contributed by atoms with Crippen LogP contribution in [0.1, 0.15) is 11.1 Å². The third kappa shape index (κ3) is 6.39. The van der Waals surface area contributed by atoms with E-state index in [9.17, 15) is 4.79 Å². The molecule has 148 valence electrons. The van der Waals surface area contributed by atoms with Crippen molar-refractivity contribution in [1.29, 1.82) is 0 Å². The molecule has 0 radical (unpaired) electrons. The molecule has 0 bridgehead atoms. The lowest BCUT2D eigenvalue weighted by Crippen LogP contribution is -2.26. The molecule has 3 aromatic carbocycles. The van der Waals surface area contributed by atoms with Crippen molar-refractivity contribution in [2.45, 2.75) is 6.61 Å². The minimum atomic E-state index is -0.261. The summed E-state index contributed by atoms with van der Waals surface area (Å²) < 4.78 is 11.0. The number of methoxy groups -OCH3 is 1. The molecule has 3 rings (SSSR count). The number of para-hydroxylation sites is 2. The van der Waals surface area contributed by atoms with E-state index in [1.165, 1.54) is 0 Å². The quantitative estimate of drug-likeness (QED) is 0.431. The van der Waals surface area contributed by atoms with E-state index >= 15 is 0 Å². The Labute approximate surface area is 170 Å². The van der Waals surface area contributed by atoms with Gasteiger partial charge in [0, 0.05) is 0 Å². The predicted octanol–water partition coefficient (Wildman–Crippen LogP) is 3.84. The Bertz CT molecular complexity index is 958. The van der Waals surface area contributed by atoms with E-state index in [2.05, 4.69) is 15.8 Å². The van der Waals surface area contributed by atoms with E-state index in [0.29, 0.717) is 12.4 Å². The van der Waals surface area contributed by atoms with Gasteiger partial charge in [0.2, 0.25) is 0 Å². The zero-order valence-electron chi connectivity index (χ0n) is 16.2. The number of carbonyl (C=O) groups excluding carboxylic acids is 1. The third-order valence-corrected chi connectivity index (χ3v) is 4.06. The number of hydrazone groups is 1. The molecule has 0 saturated carbocycles. The number of hydrogen-bond donors (Lipinski definition) is 2. The Morgan fingerprint density at radius 1 is 1.00 bits per heavy atom. The van der Waals surface area contributed by atoms with E-state index in [-0.39, 0.29) is 12.5 Å². The zero-order chi connectivity index (χ0) is 20.3. The summed E-state index contributed by atoms with van der Waals surface area (Å²) in [7, 11) is 1.59. The molecule has 0 aliphatic heterocycles. The standard InChI is InChI=1S/C23H23N3O3/c1-28-22-13-6-5-12-21(22)24-16-23(27)26-25-15-19-10-7-11-20(14-19)29-17-18-8-3-2-4-9-18/h2-15,24H,16-17H2,1H3,(H,26,27). The van der Waals surface area contributed by atoms with Crippen molar-refractivity contribution in [2.24, 2.45) is 5.10 Å². The topological polar surface area (TPSA) is 72.0 Å². The van der Waals surface area contributed by atoms with Gasteiger partial charge in [-0.3, -0.25) is 4.79 Å². The van der Waals surface area contributed by atoms with Crippen LogP contribution in [-0.2, 0) is 11.4 Å². The number of nitrogens with one attached hydrogen (secondary N) is 2. The van der Waals surface area contributed by atoms with Gasteiger partial charge in [-0.25, -0.2) is 5.43 Å². The highest BCUT2D eigenvalue weighted by atomic mass is 16.5. The first kappa shape index (κ1) is 19.9. The molecule has 0 aliphatic rings. The number of amides is 1. The first-order valence-corrected chi connectivity index (χ1v) is 9.20. The van der Waals surface area contributed by atoms with Crippen molar-refractivity contribution in [1.82, 2.24) is 5.43 Å². The molecule has 0 aromatic heterocycles. The van der Waals surface area contributed by atoms with Gasteiger partial charge in [0.25, 0.3) is 5.91 Å². The molecule has 0 spiro atoms. The summed E-state index contributed by atoms with van der Waals surface area (Å²) in [6, 6.07) is 24.9. The van der Waals surface area contributed by atoms with Crippen LogP contribution in [0.25, 0.3) is 0 Å². The van der Waals surface area contributed by atoms with Gasteiger partial charge in [-0.15, -0.1) is 0 Å². The van der Waals surface area contributed by atoms with Gasteiger partial charge < -0.3 is 14.8 Å². The predicted molar refractivity (Wildman–Crippen MR) is 114 cm³/mol. The minimum absolute atomic E-state index is 0.0813. The molecule has 0 saturated heterocycles. The average Bonchev–Trinajstić information content (AvgIpc) is 2.77. The first-order valence-electron chi connectivity index (χ1n) is 9.20. The second kappa shape index (κ2) is 10.5. The van der Waals surface area contributed by atoms with Crippen LogP contribution in [0.4, 0.5) is 5.69 Å². The van der Waals surface area contributed by atoms with Crippen LogP contribution >= 0.6 is 0 Å². The first-order chi connectivity index (χ1) is 14.2. The van der Waals surface area contributed by atoms with Crippen LogP contribution in [0.15, 0.2) is 84.0 Å². The Hall–Kier alpha value is -3.80. The van der Waals surface area contributed by atoms with Gasteiger partial charge in [0.05, 0.1) is 25.6 Å². The Kier molecular flexibility index (Phi) is 7.23. The van der Waals surface area contributed by atoms with Crippen LogP contribution in [0.3, 0.4) is 0 Å². The van der Waals surface area contributed by atoms with Gasteiger partial charge in [-0.2, -0.15) is 5.10 Å². The summed E-state index contributed by atoms with van der Waals surface area (Å²) in [6.45, 7) is 0.574. The maximum absolute atomic E-state index is 12.0. The van der Waals surface area contributed by atoms with E-state index in [4.69, 9.17) is 9.47 Å². The van der Waals surface area contributed by atoms with Gasteiger partial charge in [-0.05, 0) is 35.4 Å². The number of anilines is 1. The normalized spacial score (nSPS) is 10.5. The Morgan fingerprint density at radius 2 is 1.79 bits per heavy atom. The fourth-order valence-electron chi connectivity index (χ4n) is 2.61. The van der Waals surface area contributed by atoms with Crippen molar-refractivity contribution in [3.63, 3.8) is 0 Å². The monoisotopic (exact) mass is 389 g/mol. The van der Waals surface area contributed by atoms with E-state index in [1.807, 2.05) is 78.9 Å². The van der Waals surface area contributed by atoms with Gasteiger partial charge in [0.1, 0.15) is 18.1 Å². The van der Waals surface area contributed by atoms with Crippen molar-refractivity contribution in [2.75, 3.05) is 19.0 Å². The molecule has 2 N–H and O–H groups in total. The van der Waals surface area contributed by atoms with Crippen LogP contribution in [-0.4, -0.2) is 25.8 Å². The number of ether oxygens (including phenoxy) is 2. The summed E-state index contributed by atoms with van der Waals surface area (Å²) in [5.41, 5.74) is 5.18. The van der Waals surface area contributed by atoms with Crippen molar-refractivity contribution < 1.29 is 14.3 Å². The van der Waals surface area contributed by atoms with Gasteiger partial charge in [-0.1, -0.05) is 54.6 Å². The van der Waals surface area contributed by atoms with Crippen LogP contribution < -0.4 is 20.2 Å². The van der Waals surface area contributed by atoms with Crippen molar-refractivity contribution in [3.05, 3.63) is 90.0 Å². The van der Waals surface area contributed by atoms with Crippen molar-refractivity contribution >= 4 is 17.8 Å². The highest BCUT2D eigenvalue weighted by molar-refractivity contribution is 5.84. The molecule has 0 fully saturated rings. The maximum Gasteiger partial charge on any atom is 0.259 e. The number of hydrogen-bond acceptors (Lipinski definition) is 5. The number of benzene rings is 3. The lowest BCUT2D eigenvalue weighted by atomic mass is 10.2. The summed E-state index contributed by atoms with van der Waals surface area (Å²) in [5, 5.41) is 7.03. The largest absolute Gasteiger partial charge is 0.495 e. The SMILES string of the molecule is COc1ccccc1NCC(=O)NN=Cc1cccc(OCc2ccccc2)c1. The maximum atomic E-state index is 12.0. The Balaban J connectivity index is 1.47. The number of nitrogens with zero attached hydrogens (tertiary/aromatic N) is 1. The van der Waals surface area contributed by atoms with E-state index in [1.54, 1.807) is 13.3 Å². The lowest BCUT2D eigenvalue weighted by Gasteiger charge is -2.09. The lowest BCUT2D eigenvalue weighted by molar-refractivity contribution is -0.119. The molecule has 3 aromatic rings. The highest BCUT2D eigenvalue weighted by Crippen LogP contribution is 2.22. The molecule has 6 nitrogen and oxygen atoms in total. The Morgan fingerprint density at radius 3 is 2.62 bits per heavy atom. The third-order valence-electron chi connectivity index (χ3n) is 4.06. The second-order valence-corrected chi connectivity index (χ2v) is 6.19. The van der Waals surface area contributed by atoms with Crippen LogP contribution in [0.2, 0.25) is 0 Å². The van der Waals surface area contributed by atoms with Crippen LogP contribution in [0.5, 0.6) is 11.5 Å². The second-order valence-electron chi connectivity index (χ2n) is 6.19. The molecule has 29 heavy (non-hydrogen) atoms. The van der Waals surface area contributed by atoms with Crippen molar-refractivity contribution in [3.8, 4) is 11.5 Å².